The fraction of sp³-hybridized carbons (Fsp3) is 0.261. The summed E-state index contributed by atoms with van der Waals surface area (Å²) >= 11 is 0. The van der Waals surface area contributed by atoms with Crippen LogP contribution in [0.25, 0.3) is 10.9 Å². The van der Waals surface area contributed by atoms with Gasteiger partial charge in [0.1, 0.15) is 11.9 Å². The summed E-state index contributed by atoms with van der Waals surface area (Å²) in [4.78, 5) is 41.4. The van der Waals surface area contributed by atoms with Gasteiger partial charge >= 0.3 is 6.03 Å². The van der Waals surface area contributed by atoms with Crippen LogP contribution in [0.4, 0.5) is 9.18 Å². The molecule has 4 amide bonds. The maximum Gasteiger partial charge on any atom is 0.324 e. The van der Waals surface area contributed by atoms with E-state index in [0.717, 1.165) is 22.0 Å². The van der Waals surface area contributed by atoms with Gasteiger partial charge in [0.2, 0.25) is 5.91 Å². The Morgan fingerprint density at radius 1 is 1.10 bits per heavy atom. The predicted molar refractivity (Wildman–Crippen MR) is 114 cm³/mol. The van der Waals surface area contributed by atoms with Crippen molar-refractivity contribution in [2.75, 3.05) is 6.54 Å². The Balaban J connectivity index is 1.26. The molecular weight excluding hydrogens is 399 g/mol. The molecule has 2 aromatic carbocycles. The molecule has 7 nitrogen and oxygen atoms in total. The van der Waals surface area contributed by atoms with Gasteiger partial charge in [0.25, 0.3) is 5.91 Å². The summed E-state index contributed by atoms with van der Waals surface area (Å²) in [5.41, 5.74) is 2.84. The molecule has 1 aliphatic heterocycles. The van der Waals surface area contributed by atoms with Gasteiger partial charge in [-0.05, 0) is 42.2 Å². The fourth-order valence-corrected chi connectivity index (χ4v) is 3.72. The highest BCUT2D eigenvalue weighted by Crippen LogP contribution is 2.19. The van der Waals surface area contributed by atoms with Crippen molar-refractivity contribution in [2.45, 2.75) is 31.8 Å². The van der Waals surface area contributed by atoms with E-state index in [1.807, 2.05) is 30.5 Å². The third-order valence-electron chi connectivity index (χ3n) is 5.45. The number of aromatic amines is 1. The minimum Gasteiger partial charge on any atom is -0.361 e. The Bertz CT molecular complexity index is 1110. The van der Waals surface area contributed by atoms with Crippen LogP contribution in [-0.2, 0) is 22.6 Å². The second-order valence-corrected chi connectivity index (χ2v) is 7.54. The van der Waals surface area contributed by atoms with Gasteiger partial charge < -0.3 is 15.6 Å². The Morgan fingerprint density at radius 2 is 1.87 bits per heavy atom. The van der Waals surface area contributed by atoms with Crippen LogP contribution in [0.3, 0.4) is 0 Å². The summed E-state index contributed by atoms with van der Waals surface area (Å²) in [5.74, 6) is -0.875. The maximum absolute atomic E-state index is 12.9. The van der Waals surface area contributed by atoms with Crippen molar-refractivity contribution >= 4 is 28.7 Å². The molecule has 31 heavy (non-hydrogen) atoms. The molecule has 1 saturated heterocycles. The van der Waals surface area contributed by atoms with Crippen molar-refractivity contribution in [3.63, 3.8) is 0 Å². The normalized spacial score (nSPS) is 16.0. The van der Waals surface area contributed by atoms with Crippen LogP contribution in [0.5, 0.6) is 0 Å². The number of nitrogens with one attached hydrogen (secondary N) is 3. The van der Waals surface area contributed by atoms with Gasteiger partial charge in [-0.15, -0.1) is 0 Å². The first-order chi connectivity index (χ1) is 15.0. The number of rotatable bonds is 8. The first kappa shape index (κ1) is 20.6. The van der Waals surface area contributed by atoms with Gasteiger partial charge in [-0.1, -0.05) is 30.3 Å². The van der Waals surface area contributed by atoms with Gasteiger partial charge in [-0.25, -0.2) is 9.18 Å². The van der Waals surface area contributed by atoms with Crippen molar-refractivity contribution in [3.05, 3.63) is 71.7 Å². The average Bonchev–Trinajstić information content (AvgIpc) is 3.30. The average molecular weight is 422 g/mol. The second-order valence-electron chi connectivity index (χ2n) is 7.54. The van der Waals surface area contributed by atoms with Crippen LogP contribution < -0.4 is 10.6 Å². The van der Waals surface area contributed by atoms with Crippen LogP contribution in [0.1, 0.15) is 24.0 Å². The van der Waals surface area contributed by atoms with Crippen molar-refractivity contribution in [1.29, 1.82) is 0 Å². The quantitative estimate of drug-likeness (QED) is 0.487. The number of carbonyl (C=O) groups is 3. The summed E-state index contributed by atoms with van der Waals surface area (Å²) in [7, 11) is 0. The van der Waals surface area contributed by atoms with Crippen molar-refractivity contribution in [1.82, 2.24) is 20.5 Å². The minimum atomic E-state index is -0.702. The number of carbonyl (C=O) groups excluding carboxylic acids is 3. The first-order valence-electron chi connectivity index (χ1n) is 10.2. The molecule has 0 radical (unpaired) electrons. The number of H-pyrrole nitrogens is 1. The van der Waals surface area contributed by atoms with Crippen LogP contribution >= 0.6 is 0 Å². The summed E-state index contributed by atoms with van der Waals surface area (Å²) in [6.45, 7) is 0.556. The van der Waals surface area contributed by atoms with Crippen molar-refractivity contribution < 1.29 is 18.8 Å². The molecule has 8 heteroatoms. The molecule has 1 aliphatic rings. The molecule has 1 aromatic heterocycles. The molecule has 0 bridgehead atoms. The van der Waals surface area contributed by atoms with Crippen LogP contribution in [0.15, 0.2) is 54.7 Å². The lowest BCUT2D eigenvalue weighted by molar-refractivity contribution is -0.127. The number of aromatic nitrogens is 1. The highest BCUT2D eigenvalue weighted by molar-refractivity contribution is 6.04. The van der Waals surface area contributed by atoms with E-state index in [1.54, 1.807) is 12.1 Å². The number of amides is 4. The Morgan fingerprint density at radius 3 is 2.68 bits per heavy atom. The van der Waals surface area contributed by atoms with Crippen LogP contribution in [0, 0.1) is 5.82 Å². The SMILES string of the molecule is O=C(CC[C@@H]1NC(=O)N(CCc2c[nH]c3ccccc23)C1=O)NCc1ccc(F)cc1. The number of para-hydroxylation sites is 1. The highest BCUT2D eigenvalue weighted by atomic mass is 19.1. The molecule has 3 aromatic rings. The van der Waals surface area contributed by atoms with Crippen LogP contribution in [0.2, 0.25) is 0 Å². The Labute approximate surface area is 178 Å². The van der Waals surface area contributed by atoms with Gasteiger partial charge in [0.05, 0.1) is 0 Å². The molecule has 0 saturated carbocycles. The predicted octanol–water partition coefficient (Wildman–Crippen LogP) is 2.87. The molecule has 160 valence electrons. The topological polar surface area (TPSA) is 94.3 Å². The van der Waals surface area contributed by atoms with Gasteiger partial charge in [0, 0.05) is 36.6 Å². The van der Waals surface area contributed by atoms with E-state index in [0.29, 0.717) is 6.42 Å². The zero-order chi connectivity index (χ0) is 21.8. The van der Waals surface area contributed by atoms with E-state index in [2.05, 4.69) is 15.6 Å². The number of hydrogen-bond acceptors (Lipinski definition) is 3. The summed E-state index contributed by atoms with van der Waals surface area (Å²) in [6.07, 6.45) is 2.78. The molecule has 0 spiro atoms. The largest absolute Gasteiger partial charge is 0.361 e. The van der Waals surface area contributed by atoms with Gasteiger partial charge in [-0.3, -0.25) is 14.5 Å². The van der Waals surface area contributed by atoms with E-state index in [9.17, 15) is 18.8 Å². The van der Waals surface area contributed by atoms with E-state index < -0.39 is 12.1 Å². The van der Waals surface area contributed by atoms with Gasteiger partial charge in [-0.2, -0.15) is 0 Å². The Kier molecular flexibility index (Phi) is 5.97. The van der Waals surface area contributed by atoms with E-state index in [-0.39, 0.29) is 43.6 Å². The van der Waals surface area contributed by atoms with E-state index >= 15 is 0 Å². The molecule has 0 aliphatic carbocycles. The summed E-state index contributed by atoms with van der Waals surface area (Å²) < 4.78 is 12.9. The molecule has 0 unspecified atom stereocenters. The molecular formula is C23H23FN4O3. The van der Waals surface area contributed by atoms with E-state index in [1.165, 1.54) is 17.0 Å². The Hall–Kier alpha value is -3.68. The lowest BCUT2D eigenvalue weighted by Gasteiger charge is -2.12. The molecule has 4 rings (SSSR count). The number of nitrogens with zero attached hydrogens (tertiary/aromatic N) is 1. The van der Waals surface area contributed by atoms with Crippen molar-refractivity contribution in [3.8, 4) is 0 Å². The molecule has 1 atom stereocenters. The van der Waals surface area contributed by atoms with Crippen molar-refractivity contribution in [2.24, 2.45) is 0 Å². The lowest BCUT2D eigenvalue weighted by atomic mass is 10.1. The maximum atomic E-state index is 12.9. The molecule has 3 N–H and O–H groups in total. The zero-order valence-electron chi connectivity index (χ0n) is 16.9. The number of fused-ring (bicyclic) bond motifs is 1. The fourth-order valence-electron chi connectivity index (χ4n) is 3.72. The number of imide groups is 1. The second kappa shape index (κ2) is 8.99. The first-order valence-corrected chi connectivity index (χ1v) is 10.2. The summed E-state index contributed by atoms with van der Waals surface area (Å²) in [6, 6.07) is 12.6. The number of urea groups is 1. The zero-order valence-corrected chi connectivity index (χ0v) is 16.9. The van der Waals surface area contributed by atoms with E-state index in [4.69, 9.17) is 0 Å². The smallest absolute Gasteiger partial charge is 0.324 e. The number of hydrogen-bond donors (Lipinski definition) is 3. The lowest BCUT2D eigenvalue weighted by Crippen LogP contribution is -2.33. The van der Waals surface area contributed by atoms with Gasteiger partial charge in [0.15, 0.2) is 0 Å². The number of halogens is 1. The third kappa shape index (κ3) is 4.74. The monoisotopic (exact) mass is 422 g/mol. The molecule has 2 heterocycles. The van der Waals surface area contributed by atoms with Crippen LogP contribution in [-0.4, -0.2) is 40.3 Å². The highest BCUT2D eigenvalue weighted by Gasteiger charge is 2.37. The minimum absolute atomic E-state index is 0.105. The standard InChI is InChI=1S/C23H23FN4O3/c24-17-7-5-15(6-8-17)13-26-21(29)10-9-20-22(30)28(23(31)27-20)12-11-16-14-25-19-4-2-1-3-18(16)19/h1-8,14,20,25H,9-13H2,(H,26,29)(H,27,31)/t20-/m0/s1. The summed E-state index contributed by atoms with van der Waals surface area (Å²) in [5, 5.41) is 6.48. The molecule has 1 fully saturated rings. The third-order valence-corrected chi connectivity index (χ3v) is 5.45. The number of benzene rings is 2.